The van der Waals surface area contributed by atoms with Gasteiger partial charge in [0.25, 0.3) is 0 Å². The topological polar surface area (TPSA) is 24.9 Å². The van der Waals surface area contributed by atoms with Crippen molar-refractivity contribution >= 4 is 0 Å². The minimum atomic E-state index is -0.250. The molecule has 0 bridgehead atoms. The van der Waals surface area contributed by atoms with Gasteiger partial charge < -0.3 is 9.80 Å². The van der Waals surface area contributed by atoms with Gasteiger partial charge in [0.2, 0.25) is 0 Å². The highest BCUT2D eigenvalue weighted by molar-refractivity contribution is 4.71. The minimum absolute atomic E-state index is 0.250. The van der Waals surface area contributed by atoms with Crippen LogP contribution < -0.4 is 0 Å². The molecule has 0 heterocycles. The molecule has 0 fully saturated rings. The van der Waals surface area contributed by atoms with E-state index in [9.17, 15) is 0 Å². The maximum absolute atomic E-state index is 5.63. The molecular formula is C14H32N2O2. The van der Waals surface area contributed by atoms with Crippen LogP contribution in [0.15, 0.2) is 0 Å². The maximum atomic E-state index is 5.63. The van der Waals surface area contributed by atoms with Crippen LogP contribution in [-0.2, 0) is 9.78 Å². The van der Waals surface area contributed by atoms with E-state index in [0.717, 1.165) is 25.9 Å². The number of hydrogen-bond acceptors (Lipinski definition) is 4. The van der Waals surface area contributed by atoms with E-state index in [2.05, 4.69) is 65.7 Å². The van der Waals surface area contributed by atoms with Gasteiger partial charge in [0.05, 0.1) is 11.2 Å². The third-order valence-electron chi connectivity index (χ3n) is 2.82. The summed E-state index contributed by atoms with van der Waals surface area (Å²) in [5, 5.41) is 0. The zero-order valence-corrected chi connectivity index (χ0v) is 13.5. The molecule has 0 atom stereocenters. The second kappa shape index (κ2) is 7.43. The average Bonchev–Trinajstić information content (AvgIpc) is 2.22. The molecule has 0 aliphatic rings. The Kier molecular flexibility index (Phi) is 7.37. The van der Waals surface area contributed by atoms with Gasteiger partial charge in [0.1, 0.15) is 0 Å². The molecule has 0 radical (unpaired) electrons. The Morgan fingerprint density at radius 2 is 0.944 bits per heavy atom. The molecule has 0 saturated carbocycles. The third kappa shape index (κ3) is 9.83. The van der Waals surface area contributed by atoms with Crippen molar-refractivity contribution in [3.8, 4) is 0 Å². The summed E-state index contributed by atoms with van der Waals surface area (Å²) < 4.78 is 0. The Bertz CT molecular complexity index is 202. The monoisotopic (exact) mass is 260 g/mol. The van der Waals surface area contributed by atoms with E-state index in [-0.39, 0.29) is 11.2 Å². The zero-order valence-electron chi connectivity index (χ0n) is 13.5. The van der Waals surface area contributed by atoms with Crippen LogP contribution in [0.25, 0.3) is 0 Å². The fourth-order valence-electron chi connectivity index (χ4n) is 1.29. The largest absolute Gasteiger partial charge is 0.309 e. The van der Waals surface area contributed by atoms with E-state index in [1.54, 1.807) is 0 Å². The van der Waals surface area contributed by atoms with E-state index in [1.807, 2.05) is 0 Å². The van der Waals surface area contributed by atoms with Gasteiger partial charge in [-0.3, -0.25) is 0 Å². The molecule has 4 heteroatoms. The number of rotatable bonds is 9. The fourth-order valence-corrected chi connectivity index (χ4v) is 1.29. The van der Waals surface area contributed by atoms with E-state index < -0.39 is 0 Å². The molecule has 4 nitrogen and oxygen atoms in total. The molecule has 0 aromatic carbocycles. The summed E-state index contributed by atoms with van der Waals surface area (Å²) >= 11 is 0. The summed E-state index contributed by atoms with van der Waals surface area (Å²) in [4.78, 5) is 15.6. The first-order chi connectivity index (χ1) is 8.04. The minimum Gasteiger partial charge on any atom is -0.309 e. The Labute approximate surface area is 113 Å². The molecule has 0 aromatic rings. The summed E-state index contributed by atoms with van der Waals surface area (Å²) in [5.41, 5.74) is -0.501. The van der Waals surface area contributed by atoms with Crippen LogP contribution in [-0.4, -0.2) is 62.3 Å². The van der Waals surface area contributed by atoms with Crippen LogP contribution in [0.3, 0.4) is 0 Å². The van der Waals surface area contributed by atoms with Crippen LogP contribution in [0.4, 0.5) is 0 Å². The highest BCUT2D eigenvalue weighted by atomic mass is 17.2. The molecule has 0 saturated heterocycles. The first-order valence-corrected chi connectivity index (χ1v) is 6.70. The van der Waals surface area contributed by atoms with E-state index >= 15 is 0 Å². The van der Waals surface area contributed by atoms with Crippen molar-refractivity contribution in [2.24, 2.45) is 0 Å². The Balaban J connectivity index is 4.04. The third-order valence-corrected chi connectivity index (χ3v) is 2.82. The molecule has 0 unspecified atom stereocenters. The quantitative estimate of drug-likeness (QED) is 0.469. The van der Waals surface area contributed by atoms with Crippen molar-refractivity contribution in [1.29, 1.82) is 0 Å². The zero-order chi connectivity index (χ0) is 14.4. The Morgan fingerprint density at radius 3 is 1.17 bits per heavy atom. The van der Waals surface area contributed by atoms with Gasteiger partial charge in [-0.15, -0.1) is 0 Å². The molecule has 18 heavy (non-hydrogen) atoms. The van der Waals surface area contributed by atoms with Gasteiger partial charge in [0.15, 0.2) is 0 Å². The molecular weight excluding hydrogens is 228 g/mol. The van der Waals surface area contributed by atoms with Crippen LogP contribution in [0.1, 0.15) is 40.5 Å². The lowest BCUT2D eigenvalue weighted by atomic mass is 10.0. The van der Waals surface area contributed by atoms with Gasteiger partial charge in [-0.25, -0.2) is 9.78 Å². The summed E-state index contributed by atoms with van der Waals surface area (Å²) in [6.45, 7) is 10.3. The fraction of sp³-hybridized carbons (Fsp3) is 1.00. The van der Waals surface area contributed by atoms with E-state index in [1.165, 1.54) is 0 Å². The molecule has 110 valence electrons. The number of hydrogen-bond donors (Lipinski definition) is 0. The number of nitrogens with zero attached hydrogens (tertiary/aromatic N) is 2. The first-order valence-electron chi connectivity index (χ1n) is 6.70. The van der Waals surface area contributed by atoms with E-state index in [0.29, 0.717) is 0 Å². The van der Waals surface area contributed by atoms with Crippen LogP contribution >= 0.6 is 0 Å². The van der Waals surface area contributed by atoms with Crippen LogP contribution in [0.5, 0.6) is 0 Å². The smallest absolute Gasteiger partial charge is 0.0992 e. The predicted molar refractivity (Wildman–Crippen MR) is 76.7 cm³/mol. The standard InChI is InChI=1S/C14H32N2O2/c1-13(2,9-11-15(5)6)17-18-14(3,4)10-12-16(7)8/h9-12H2,1-8H3. The lowest BCUT2D eigenvalue weighted by Crippen LogP contribution is -2.36. The van der Waals surface area contributed by atoms with Crippen molar-refractivity contribution < 1.29 is 9.78 Å². The summed E-state index contributed by atoms with van der Waals surface area (Å²) in [7, 11) is 8.27. The van der Waals surface area contributed by atoms with Gasteiger partial charge in [-0.1, -0.05) is 0 Å². The Hall–Kier alpha value is -0.160. The van der Waals surface area contributed by atoms with Crippen molar-refractivity contribution in [2.75, 3.05) is 41.3 Å². The average molecular weight is 260 g/mol. The summed E-state index contributed by atoms with van der Waals surface area (Å²) in [6.07, 6.45) is 1.90. The molecule has 0 amide bonds. The van der Waals surface area contributed by atoms with Crippen molar-refractivity contribution in [3.63, 3.8) is 0 Å². The van der Waals surface area contributed by atoms with Crippen LogP contribution in [0.2, 0.25) is 0 Å². The van der Waals surface area contributed by atoms with Crippen LogP contribution in [0, 0.1) is 0 Å². The molecule has 0 aliphatic heterocycles. The van der Waals surface area contributed by atoms with Crippen molar-refractivity contribution in [2.45, 2.75) is 51.7 Å². The molecule has 0 rings (SSSR count). The maximum Gasteiger partial charge on any atom is 0.0992 e. The van der Waals surface area contributed by atoms with Crippen molar-refractivity contribution in [1.82, 2.24) is 9.80 Å². The SMILES string of the molecule is CN(C)CCC(C)(C)OOC(C)(C)CCN(C)C. The highest BCUT2D eigenvalue weighted by Crippen LogP contribution is 2.22. The molecule has 0 aliphatic carbocycles. The van der Waals surface area contributed by atoms with Crippen molar-refractivity contribution in [3.05, 3.63) is 0 Å². The highest BCUT2D eigenvalue weighted by Gasteiger charge is 2.26. The lowest BCUT2D eigenvalue weighted by Gasteiger charge is -2.32. The van der Waals surface area contributed by atoms with Gasteiger partial charge >= 0.3 is 0 Å². The summed E-state index contributed by atoms with van der Waals surface area (Å²) in [5.74, 6) is 0. The van der Waals surface area contributed by atoms with Gasteiger partial charge in [-0.05, 0) is 68.7 Å². The molecule has 0 N–H and O–H groups in total. The van der Waals surface area contributed by atoms with Gasteiger partial charge in [-0.2, -0.15) is 0 Å². The molecule has 0 spiro atoms. The summed E-state index contributed by atoms with van der Waals surface area (Å²) in [6, 6.07) is 0. The van der Waals surface area contributed by atoms with E-state index in [4.69, 9.17) is 9.78 Å². The lowest BCUT2D eigenvalue weighted by molar-refractivity contribution is -0.402. The normalized spacial score (nSPS) is 13.7. The first kappa shape index (κ1) is 17.8. The van der Waals surface area contributed by atoms with Gasteiger partial charge in [0, 0.05) is 13.1 Å². The Morgan fingerprint density at radius 1 is 0.667 bits per heavy atom. The second-order valence-electron chi connectivity index (χ2n) is 6.79. The second-order valence-corrected chi connectivity index (χ2v) is 6.79. The molecule has 0 aromatic heterocycles. The predicted octanol–water partition coefficient (Wildman–Crippen LogP) is 2.40.